The maximum Gasteiger partial charge on any atom is 0.424 e. The average Bonchev–Trinajstić information content (AvgIpc) is 2.77. The SMILES string of the molecule is C#CCOc1cnc(OC(=O)Nc2ccc(F)c([C@]3(C)CO[C@@](C)(C(F)(F)F)C(N)=N3)c2)c(N)n1. The molecule has 0 bridgehead atoms. The van der Waals surface area contributed by atoms with Gasteiger partial charge in [-0.25, -0.2) is 14.2 Å². The molecule has 1 amide bonds. The van der Waals surface area contributed by atoms with Crippen LogP contribution < -0.4 is 26.3 Å². The Labute approximate surface area is 196 Å². The molecule has 10 nitrogen and oxygen atoms in total. The number of alkyl halides is 3. The molecule has 0 fully saturated rings. The van der Waals surface area contributed by atoms with E-state index in [1.54, 1.807) is 0 Å². The van der Waals surface area contributed by atoms with Crippen molar-refractivity contribution in [3.8, 4) is 24.1 Å². The van der Waals surface area contributed by atoms with Gasteiger partial charge in [0.15, 0.2) is 12.4 Å². The zero-order valence-corrected chi connectivity index (χ0v) is 18.4. The van der Waals surface area contributed by atoms with Crippen LogP contribution in [0.3, 0.4) is 0 Å². The van der Waals surface area contributed by atoms with Crippen LogP contribution in [0.15, 0.2) is 29.4 Å². The van der Waals surface area contributed by atoms with Gasteiger partial charge in [0, 0.05) is 11.3 Å². The van der Waals surface area contributed by atoms with Crippen molar-refractivity contribution in [2.24, 2.45) is 10.7 Å². The second-order valence-electron chi connectivity index (χ2n) is 7.69. The summed E-state index contributed by atoms with van der Waals surface area (Å²) in [4.78, 5) is 23.8. The maximum absolute atomic E-state index is 14.6. The van der Waals surface area contributed by atoms with E-state index >= 15 is 0 Å². The van der Waals surface area contributed by atoms with Crippen molar-refractivity contribution in [2.75, 3.05) is 24.3 Å². The number of nitrogens with zero attached hydrogens (tertiary/aromatic N) is 3. The number of ether oxygens (including phenoxy) is 3. The molecule has 0 radical (unpaired) electrons. The quantitative estimate of drug-likeness (QED) is 0.423. The molecule has 1 aromatic carbocycles. The number of nitrogens with two attached hydrogens (primary N) is 2. The zero-order chi connectivity index (χ0) is 26.0. The lowest BCUT2D eigenvalue weighted by Gasteiger charge is -2.41. The smallest absolute Gasteiger partial charge is 0.424 e. The minimum Gasteiger partial charge on any atom is -0.463 e. The number of amidine groups is 1. The Morgan fingerprint density at radius 1 is 1.34 bits per heavy atom. The van der Waals surface area contributed by atoms with Crippen LogP contribution in [-0.2, 0) is 10.3 Å². The van der Waals surface area contributed by atoms with Gasteiger partial charge in [-0.2, -0.15) is 18.2 Å². The number of amides is 1. The molecular weight excluding hydrogens is 476 g/mol. The third-order valence-electron chi connectivity index (χ3n) is 5.07. The Morgan fingerprint density at radius 2 is 2.06 bits per heavy atom. The lowest BCUT2D eigenvalue weighted by atomic mass is 9.89. The Hall–Kier alpha value is -4.12. The van der Waals surface area contributed by atoms with Gasteiger partial charge in [0.2, 0.25) is 11.5 Å². The summed E-state index contributed by atoms with van der Waals surface area (Å²) in [5, 5.41) is 2.33. The second kappa shape index (κ2) is 9.26. The number of benzene rings is 1. The molecule has 0 unspecified atom stereocenters. The minimum absolute atomic E-state index is 0.0146. The van der Waals surface area contributed by atoms with E-state index in [9.17, 15) is 22.4 Å². The summed E-state index contributed by atoms with van der Waals surface area (Å²) in [6, 6.07) is 3.36. The van der Waals surface area contributed by atoms with Gasteiger partial charge in [0.25, 0.3) is 5.88 Å². The highest BCUT2D eigenvalue weighted by atomic mass is 19.4. The molecule has 0 spiro atoms. The standard InChI is InChI=1S/C21H20F4N6O4/c1-4-7-33-14-9-28-16(15(26)30-14)35-18(32)29-11-5-6-13(22)12(8-11)19(2)10-34-20(3,17(27)31-19)21(23,24)25/h1,5-6,8-9H,7,10H2,2-3H3,(H2,26,30)(H2,27,31)(H,29,32)/t19-,20+/m0/s1. The maximum atomic E-state index is 14.6. The molecule has 3 rings (SSSR count). The Kier molecular flexibility index (Phi) is 6.75. The van der Waals surface area contributed by atoms with Crippen molar-refractivity contribution in [2.45, 2.75) is 31.2 Å². The summed E-state index contributed by atoms with van der Waals surface area (Å²) in [6.07, 6.45) is 0.320. The molecule has 0 aliphatic carbocycles. The van der Waals surface area contributed by atoms with Gasteiger partial charge in [0.1, 0.15) is 17.2 Å². The van der Waals surface area contributed by atoms with Crippen LogP contribution in [0.25, 0.3) is 0 Å². The lowest BCUT2D eigenvalue weighted by Crippen LogP contribution is -2.60. The fraction of sp³-hybridized carbons (Fsp3) is 0.333. The number of nitrogen functional groups attached to an aromatic ring is 1. The summed E-state index contributed by atoms with van der Waals surface area (Å²) in [5.41, 5.74) is 6.69. The van der Waals surface area contributed by atoms with Crippen LogP contribution in [0.4, 0.5) is 33.9 Å². The monoisotopic (exact) mass is 496 g/mol. The Bertz CT molecular complexity index is 1220. The highest BCUT2D eigenvalue weighted by Gasteiger charge is 2.59. The van der Waals surface area contributed by atoms with Crippen LogP contribution >= 0.6 is 0 Å². The molecular formula is C21H20F4N6O4. The molecule has 5 N–H and O–H groups in total. The summed E-state index contributed by atoms with van der Waals surface area (Å²) in [6.45, 7) is 1.38. The first kappa shape index (κ1) is 25.5. The zero-order valence-electron chi connectivity index (χ0n) is 18.4. The van der Waals surface area contributed by atoms with Gasteiger partial charge in [-0.15, -0.1) is 6.42 Å². The predicted octanol–water partition coefficient (Wildman–Crippen LogP) is 2.74. The van der Waals surface area contributed by atoms with E-state index < -0.39 is 41.7 Å². The van der Waals surface area contributed by atoms with Gasteiger partial charge < -0.3 is 25.7 Å². The molecule has 2 heterocycles. The topological polar surface area (TPSA) is 147 Å². The predicted molar refractivity (Wildman–Crippen MR) is 116 cm³/mol. The highest BCUT2D eigenvalue weighted by Crippen LogP contribution is 2.41. The van der Waals surface area contributed by atoms with Crippen molar-refractivity contribution >= 4 is 23.4 Å². The third kappa shape index (κ3) is 5.19. The van der Waals surface area contributed by atoms with Crippen LogP contribution in [0, 0.1) is 18.2 Å². The van der Waals surface area contributed by atoms with E-state index in [0.717, 1.165) is 19.2 Å². The van der Waals surface area contributed by atoms with Crippen LogP contribution in [0.2, 0.25) is 0 Å². The van der Waals surface area contributed by atoms with E-state index in [4.69, 9.17) is 32.1 Å². The first-order chi connectivity index (χ1) is 16.3. The van der Waals surface area contributed by atoms with E-state index in [-0.39, 0.29) is 35.4 Å². The van der Waals surface area contributed by atoms with E-state index in [0.29, 0.717) is 0 Å². The summed E-state index contributed by atoms with van der Waals surface area (Å²) < 4.78 is 69.7. The molecule has 0 saturated heterocycles. The molecule has 2 atom stereocenters. The van der Waals surface area contributed by atoms with Crippen molar-refractivity contribution in [3.05, 3.63) is 35.8 Å². The van der Waals surface area contributed by atoms with Crippen molar-refractivity contribution in [1.29, 1.82) is 0 Å². The molecule has 35 heavy (non-hydrogen) atoms. The normalized spacial score (nSPS) is 22.0. The van der Waals surface area contributed by atoms with Crippen molar-refractivity contribution < 1.29 is 36.6 Å². The second-order valence-corrected chi connectivity index (χ2v) is 7.69. The first-order valence-electron chi connectivity index (χ1n) is 9.83. The van der Waals surface area contributed by atoms with Gasteiger partial charge >= 0.3 is 12.3 Å². The Morgan fingerprint density at radius 3 is 2.66 bits per heavy atom. The first-order valence-corrected chi connectivity index (χ1v) is 9.83. The fourth-order valence-electron chi connectivity index (χ4n) is 3.01. The molecule has 186 valence electrons. The molecule has 14 heteroatoms. The van der Waals surface area contributed by atoms with Crippen LogP contribution in [0.5, 0.6) is 11.8 Å². The van der Waals surface area contributed by atoms with Gasteiger partial charge in [-0.3, -0.25) is 10.3 Å². The Balaban J connectivity index is 1.79. The number of aromatic nitrogens is 2. The van der Waals surface area contributed by atoms with E-state index in [2.05, 4.69) is 26.2 Å². The number of nitrogens with one attached hydrogen (secondary N) is 1. The number of terminal acetylenes is 1. The van der Waals surface area contributed by atoms with Crippen molar-refractivity contribution in [1.82, 2.24) is 9.97 Å². The fourth-order valence-corrected chi connectivity index (χ4v) is 3.01. The largest absolute Gasteiger partial charge is 0.463 e. The number of carbonyl (C=O) groups excluding carboxylic acids is 1. The van der Waals surface area contributed by atoms with Crippen LogP contribution in [-0.4, -0.2) is 46.9 Å². The number of carbonyl (C=O) groups is 1. The summed E-state index contributed by atoms with van der Waals surface area (Å²) in [5.74, 6) is -0.0242. The highest BCUT2D eigenvalue weighted by molar-refractivity contribution is 5.91. The number of halogens is 4. The van der Waals surface area contributed by atoms with Gasteiger partial charge in [-0.1, -0.05) is 5.92 Å². The van der Waals surface area contributed by atoms with Crippen molar-refractivity contribution in [3.63, 3.8) is 0 Å². The van der Waals surface area contributed by atoms with Gasteiger partial charge in [0.05, 0.1) is 12.8 Å². The average molecular weight is 496 g/mol. The molecule has 1 aliphatic rings. The van der Waals surface area contributed by atoms with E-state index in [1.807, 2.05) is 0 Å². The molecule has 1 aliphatic heterocycles. The number of anilines is 2. The number of hydrogen-bond donors (Lipinski definition) is 3. The van der Waals surface area contributed by atoms with E-state index in [1.165, 1.54) is 19.1 Å². The summed E-state index contributed by atoms with van der Waals surface area (Å²) >= 11 is 0. The molecule has 1 aromatic heterocycles. The van der Waals surface area contributed by atoms with Crippen LogP contribution in [0.1, 0.15) is 19.4 Å². The third-order valence-corrected chi connectivity index (χ3v) is 5.07. The number of aliphatic imine (C=N–C) groups is 1. The molecule has 0 saturated carbocycles. The molecule has 2 aromatic rings. The lowest BCUT2D eigenvalue weighted by molar-refractivity contribution is -0.249. The van der Waals surface area contributed by atoms with Gasteiger partial charge in [-0.05, 0) is 32.0 Å². The number of hydrogen-bond acceptors (Lipinski definition) is 9. The minimum atomic E-state index is -4.83. The number of rotatable bonds is 5. The summed E-state index contributed by atoms with van der Waals surface area (Å²) in [7, 11) is 0.